The van der Waals surface area contributed by atoms with Gasteiger partial charge < -0.3 is 4.57 Å². The van der Waals surface area contributed by atoms with Gasteiger partial charge in [0.05, 0.1) is 22.3 Å². The zero-order valence-corrected chi connectivity index (χ0v) is 25.7. The second-order valence-electron chi connectivity index (χ2n) is 11.2. The molecule has 0 aliphatic rings. The molecule has 220 valence electrons. The van der Waals surface area contributed by atoms with E-state index in [1.807, 2.05) is 37.5 Å². The number of aromatic nitrogens is 7. The second kappa shape index (κ2) is 9.88. The van der Waals surface area contributed by atoms with Gasteiger partial charge in [-0.1, -0.05) is 23.8 Å². The van der Waals surface area contributed by atoms with Gasteiger partial charge in [-0.2, -0.15) is 5.10 Å². The molecule has 5 heterocycles. The fourth-order valence-electron chi connectivity index (χ4n) is 5.82. The minimum absolute atomic E-state index is 0.0245. The first-order chi connectivity index (χ1) is 21.0. The molecule has 0 spiro atoms. The Morgan fingerprint density at radius 3 is 2.25 bits per heavy atom. The Kier molecular flexibility index (Phi) is 6.19. The molecule has 5 aromatic heterocycles. The molecule has 2 aromatic carbocycles. The SMILES string of the molecule is Cc1ccc(S(=O)(=O)n2c(-c3cnn(C)c3)cc3c(-c4nc5ncccc5n4-c4cc(C)cc(C)c4)cn(C)c(=O)c32)cc1. The summed E-state index contributed by atoms with van der Waals surface area (Å²) in [6.45, 7) is 5.96. The molecule has 44 heavy (non-hydrogen) atoms. The second-order valence-corrected chi connectivity index (χ2v) is 13.0. The molecule has 0 aliphatic carbocycles. The van der Waals surface area contributed by atoms with Crippen molar-refractivity contribution >= 4 is 32.1 Å². The fourth-order valence-corrected chi connectivity index (χ4v) is 7.35. The van der Waals surface area contributed by atoms with Crippen LogP contribution in [-0.2, 0) is 24.1 Å². The summed E-state index contributed by atoms with van der Waals surface area (Å²) >= 11 is 0. The molecule has 7 aromatic rings. The Labute approximate surface area is 253 Å². The summed E-state index contributed by atoms with van der Waals surface area (Å²) in [6.07, 6.45) is 6.72. The number of rotatable bonds is 5. The third kappa shape index (κ3) is 4.27. The van der Waals surface area contributed by atoms with Crippen molar-refractivity contribution in [2.45, 2.75) is 25.7 Å². The highest BCUT2D eigenvalue weighted by molar-refractivity contribution is 7.90. The van der Waals surface area contributed by atoms with Crippen LogP contribution < -0.4 is 5.56 Å². The van der Waals surface area contributed by atoms with Crippen molar-refractivity contribution in [3.8, 4) is 28.3 Å². The van der Waals surface area contributed by atoms with E-state index in [1.165, 1.54) is 4.57 Å². The highest BCUT2D eigenvalue weighted by Crippen LogP contribution is 2.37. The summed E-state index contributed by atoms with van der Waals surface area (Å²) in [5.74, 6) is 0.534. The molecule has 0 aliphatic heterocycles. The third-order valence-electron chi connectivity index (χ3n) is 7.79. The number of hydrogen-bond acceptors (Lipinski definition) is 6. The van der Waals surface area contributed by atoms with Gasteiger partial charge in [-0.25, -0.2) is 22.4 Å². The van der Waals surface area contributed by atoms with E-state index in [0.717, 1.165) is 31.9 Å². The lowest BCUT2D eigenvalue weighted by Crippen LogP contribution is -2.23. The number of aryl methyl sites for hydroxylation is 5. The molecule has 0 saturated heterocycles. The summed E-state index contributed by atoms with van der Waals surface area (Å²) in [7, 11) is -0.842. The van der Waals surface area contributed by atoms with E-state index < -0.39 is 15.6 Å². The molecule has 0 radical (unpaired) electrons. The standard InChI is InChI=1S/C33H29N7O3S/c1-20-8-10-25(11-9-20)44(42,43)40-29(23-17-35-38(5)18-23)16-26-27(19-37(4)33(41)30(26)40)32-36-31-28(7-6-12-34-31)39(32)24-14-21(2)13-22(3)15-24/h6-19H,1-5H3. The Hall–Kier alpha value is -5.29. The molecule has 0 N–H and O–H groups in total. The maximum Gasteiger partial charge on any atom is 0.275 e. The lowest BCUT2D eigenvalue weighted by atomic mass is 10.1. The van der Waals surface area contributed by atoms with Gasteiger partial charge in [-0.3, -0.25) is 14.0 Å². The van der Waals surface area contributed by atoms with Gasteiger partial charge in [-0.05, 0) is 74.4 Å². The molecule has 7 rings (SSSR count). The quantitative estimate of drug-likeness (QED) is 0.264. The van der Waals surface area contributed by atoms with Crippen molar-refractivity contribution in [1.29, 1.82) is 0 Å². The average molecular weight is 604 g/mol. The maximum absolute atomic E-state index is 14.4. The molecule has 10 nitrogen and oxygen atoms in total. The molecule has 0 unspecified atom stereocenters. The number of fused-ring (bicyclic) bond motifs is 2. The van der Waals surface area contributed by atoms with Gasteiger partial charge in [0.2, 0.25) is 0 Å². The summed E-state index contributed by atoms with van der Waals surface area (Å²) < 4.78 is 35.0. The van der Waals surface area contributed by atoms with Crippen molar-refractivity contribution in [3.05, 3.63) is 112 Å². The molecule has 0 amide bonds. The predicted octanol–water partition coefficient (Wildman–Crippen LogP) is 5.30. The number of imidazole rings is 1. The van der Waals surface area contributed by atoms with Crippen molar-refractivity contribution in [2.75, 3.05) is 0 Å². The number of benzene rings is 2. The largest absolute Gasteiger partial charge is 0.316 e. The van der Waals surface area contributed by atoms with Crippen LogP contribution in [0.2, 0.25) is 0 Å². The summed E-state index contributed by atoms with van der Waals surface area (Å²) in [6, 6.07) is 18.4. The van der Waals surface area contributed by atoms with E-state index in [0.29, 0.717) is 33.7 Å². The van der Waals surface area contributed by atoms with E-state index in [9.17, 15) is 13.2 Å². The average Bonchev–Trinajstić information content (AvgIpc) is 3.70. The molecular formula is C33H29N7O3S. The third-order valence-corrected chi connectivity index (χ3v) is 9.52. The topological polar surface area (TPSA) is 110 Å². The van der Waals surface area contributed by atoms with Gasteiger partial charge in [0, 0.05) is 54.9 Å². The summed E-state index contributed by atoms with van der Waals surface area (Å²) in [4.78, 5) is 23.5. The van der Waals surface area contributed by atoms with Gasteiger partial charge in [0.15, 0.2) is 5.65 Å². The number of pyridine rings is 2. The van der Waals surface area contributed by atoms with Crippen LogP contribution in [0.3, 0.4) is 0 Å². The van der Waals surface area contributed by atoms with Crippen LogP contribution in [0.4, 0.5) is 0 Å². The summed E-state index contributed by atoms with van der Waals surface area (Å²) in [5, 5.41) is 4.74. The van der Waals surface area contributed by atoms with Crippen molar-refractivity contribution in [1.82, 2.24) is 32.9 Å². The van der Waals surface area contributed by atoms with Crippen molar-refractivity contribution in [3.63, 3.8) is 0 Å². The predicted molar refractivity (Wildman–Crippen MR) is 170 cm³/mol. The highest BCUT2D eigenvalue weighted by Gasteiger charge is 2.29. The van der Waals surface area contributed by atoms with Gasteiger partial charge >= 0.3 is 0 Å². The minimum Gasteiger partial charge on any atom is -0.316 e. The lowest BCUT2D eigenvalue weighted by Gasteiger charge is -2.14. The fraction of sp³-hybridized carbons (Fsp3) is 0.152. The van der Waals surface area contributed by atoms with Crippen LogP contribution in [0.1, 0.15) is 16.7 Å². The summed E-state index contributed by atoms with van der Waals surface area (Å²) in [5.41, 5.74) is 6.31. The van der Waals surface area contributed by atoms with Crippen molar-refractivity contribution in [2.24, 2.45) is 14.1 Å². The molecule has 0 bridgehead atoms. The number of hydrogen-bond donors (Lipinski definition) is 0. The Bertz CT molecular complexity index is 2410. The van der Waals surface area contributed by atoms with Gasteiger partial charge in [0.1, 0.15) is 11.3 Å². The molecule has 0 atom stereocenters. The Morgan fingerprint density at radius 1 is 0.841 bits per heavy atom. The smallest absolute Gasteiger partial charge is 0.275 e. The molecule has 0 saturated carbocycles. The zero-order chi connectivity index (χ0) is 30.9. The first-order valence-electron chi connectivity index (χ1n) is 14.0. The van der Waals surface area contributed by atoms with E-state index in [2.05, 4.69) is 28.3 Å². The number of nitrogens with zero attached hydrogens (tertiary/aromatic N) is 7. The van der Waals surface area contributed by atoms with Crippen LogP contribution in [0.25, 0.3) is 50.4 Å². The van der Waals surface area contributed by atoms with Crippen molar-refractivity contribution < 1.29 is 8.42 Å². The minimum atomic E-state index is -4.22. The first kappa shape index (κ1) is 27.5. The van der Waals surface area contributed by atoms with Crippen LogP contribution in [0, 0.1) is 20.8 Å². The van der Waals surface area contributed by atoms with Crippen LogP contribution in [0.15, 0.2) is 95.1 Å². The monoisotopic (exact) mass is 603 g/mol. The van der Waals surface area contributed by atoms with E-state index >= 15 is 0 Å². The van der Waals surface area contributed by atoms with Gasteiger partial charge in [0.25, 0.3) is 15.6 Å². The van der Waals surface area contributed by atoms with E-state index in [-0.39, 0.29) is 10.4 Å². The van der Waals surface area contributed by atoms with E-state index in [4.69, 9.17) is 4.98 Å². The normalized spacial score (nSPS) is 12.0. The van der Waals surface area contributed by atoms with E-state index in [1.54, 1.807) is 73.9 Å². The Morgan fingerprint density at radius 2 is 1.57 bits per heavy atom. The molecular weight excluding hydrogens is 574 g/mol. The highest BCUT2D eigenvalue weighted by atomic mass is 32.2. The lowest BCUT2D eigenvalue weighted by molar-refractivity contribution is 0.589. The Balaban J connectivity index is 1.63. The van der Waals surface area contributed by atoms with Crippen LogP contribution >= 0.6 is 0 Å². The van der Waals surface area contributed by atoms with Crippen LogP contribution in [-0.4, -0.2) is 41.3 Å². The van der Waals surface area contributed by atoms with Crippen LogP contribution in [0.5, 0.6) is 0 Å². The zero-order valence-electron chi connectivity index (χ0n) is 24.8. The van der Waals surface area contributed by atoms with Gasteiger partial charge in [-0.15, -0.1) is 0 Å². The first-order valence-corrected chi connectivity index (χ1v) is 15.5. The molecule has 0 fully saturated rings. The maximum atomic E-state index is 14.4. The molecule has 11 heteroatoms.